The molecule has 0 aliphatic carbocycles. The fourth-order valence-electron chi connectivity index (χ4n) is 0.783. The minimum atomic E-state index is 0. The fraction of sp³-hybridized carbons (Fsp3) is 0.800. The Balaban J connectivity index is 0. The van der Waals surface area contributed by atoms with Crippen LogP contribution < -0.4 is 6.15 Å². The van der Waals surface area contributed by atoms with Gasteiger partial charge in [-0.2, -0.15) is 0 Å². The van der Waals surface area contributed by atoms with Gasteiger partial charge in [0, 0.05) is 64.4 Å². The third-order valence-corrected chi connectivity index (χ3v) is 1.42. The number of urea groups is 1. The van der Waals surface area contributed by atoms with Gasteiger partial charge in [-0.25, -0.2) is 4.79 Å². The molecule has 0 radical (unpaired) electrons. The standard InChI is InChI=1S/C5H10N2O.I2.H3N/c1-6-3-4-7(2)5(6)8;1-2;/h3-4H2,1-2H3;;1H3. The van der Waals surface area contributed by atoms with E-state index in [9.17, 15) is 4.79 Å². The molecule has 2 amide bonds. The van der Waals surface area contributed by atoms with Crippen LogP contribution in [-0.4, -0.2) is 43.0 Å². The highest BCUT2D eigenvalue weighted by Crippen LogP contribution is 2.00. The maximum absolute atomic E-state index is 10.8. The molecule has 1 fully saturated rings. The Morgan fingerprint density at radius 1 is 1.18 bits per heavy atom. The zero-order valence-electron chi connectivity index (χ0n) is 6.68. The number of likely N-dealkylation sites (N-methyl/N-ethyl adjacent to an activating group) is 2. The highest BCUT2D eigenvalue weighted by Gasteiger charge is 2.20. The van der Waals surface area contributed by atoms with Gasteiger partial charge in [0.25, 0.3) is 0 Å². The largest absolute Gasteiger partial charge is 0.344 e. The second-order valence-electron chi connectivity index (χ2n) is 2.13. The molecule has 4 nitrogen and oxygen atoms in total. The van der Waals surface area contributed by atoms with E-state index in [1.165, 1.54) is 0 Å². The predicted octanol–water partition coefficient (Wildman–Crippen LogP) is 1.92. The van der Waals surface area contributed by atoms with Crippen LogP contribution in [0.2, 0.25) is 0 Å². The van der Waals surface area contributed by atoms with Crippen molar-refractivity contribution in [1.82, 2.24) is 16.0 Å². The zero-order chi connectivity index (χ0) is 8.15. The topological polar surface area (TPSA) is 58.5 Å². The number of halogens is 2. The number of carbonyl (C=O) groups is 1. The molecule has 0 saturated carbocycles. The average Bonchev–Trinajstić information content (AvgIpc) is 2.25. The number of amides is 2. The molecule has 11 heavy (non-hydrogen) atoms. The van der Waals surface area contributed by atoms with Crippen molar-refractivity contribution < 1.29 is 4.79 Å². The third kappa shape index (κ3) is 4.31. The van der Waals surface area contributed by atoms with E-state index >= 15 is 0 Å². The van der Waals surface area contributed by atoms with Crippen LogP contribution in [-0.2, 0) is 0 Å². The molecule has 1 aliphatic heterocycles. The summed E-state index contributed by atoms with van der Waals surface area (Å²) in [6.07, 6.45) is 0. The van der Waals surface area contributed by atoms with Gasteiger partial charge in [-0.3, -0.25) is 0 Å². The van der Waals surface area contributed by atoms with Crippen LogP contribution in [0.3, 0.4) is 0 Å². The smallest absolute Gasteiger partial charge is 0.319 e. The van der Waals surface area contributed by atoms with Gasteiger partial charge in [-0.05, 0) is 0 Å². The maximum Gasteiger partial charge on any atom is 0.319 e. The molecule has 0 spiro atoms. The summed E-state index contributed by atoms with van der Waals surface area (Å²) < 4.78 is 0. The Labute approximate surface area is 90.6 Å². The second kappa shape index (κ2) is 7.35. The first kappa shape index (κ1) is 14.2. The molecule has 1 rings (SSSR count). The first-order valence-corrected chi connectivity index (χ1v) is 9.11. The van der Waals surface area contributed by atoms with Gasteiger partial charge < -0.3 is 16.0 Å². The lowest BCUT2D eigenvalue weighted by Gasteiger charge is -2.07. The Bertz CT molecular complexity index is 110. The maximum atomic E-state index is 10.8. The van der Waals surface area contributed by atoms with Crippen molar-refractivity contribution in [2.24, 2.45) is 0 Å². The van der Waals surface area contributed by atoms with Crippen LogP contribution in [0.5, 0.6) is 0 Å². The van der Waals surface area contributed by atoms with Gasteiger partial charge in [0.05, 0.1) is 0 Å². The van der Waals surface area contributed by atoms with E-state index in [1.807, 2.05) is 14.1 Å². The Hall–Kier alpha value is 0.690. The van der Waals surface area contributed by atoms with Crippen LogP contribution in [0, 0.1) is 0 Å². The monoisotopic (exact) mass is 385 g/mol. The van der Waals surface area contributed by atoms with Gasteiger partial charge >= 0.3 is 6.03 Å². The van der Waals surface area contributed by atoms with Crippen LogP contribution >= 0.6 is 37.2 Å². The van der Waals surface area contributed by atoms with Crippen LogP contribution in [0.4, 0.5) is 4.79 Å². The molecule has 0 unspecified atom stereocenters. The van der Waals surface area contributed by atoms with Gasteiger partial charge in [0.2, 0.25) is 0 Å². The molecule has 0 aromatic carbocycles. The molecular weight excluding hydrogens is 372 g/mol. The Morgan fingerprint density at radius 3 is 1.55 bits per heavy atom. The van der Waals surface area contributed by atoms with Crippen LogP contribution in [0.25, 0.3) is 0 Å². The quantitative estimate of drug-likeness (QED) is 0.648. The van der Waals surface area contributed by atoms with Crippen molar-refractivity contribution in [3.63, 3.8) is 0 Å². The van der Waals surface area contributed by atoms with Crippen molar-refractivity contribution >= 4 is 43.3 Å². The van der Waals surface area contributed by atoms with E-state index < -0.39 is 0 Å². The van der Waals surface area contributed by atoms with Crippen LogP contribution in [0.15, 0.2) is 0 Å². The molecule has 1 aliphatic rings. The van der Waals surface area contributed by atoms with E-state index in [2.05, 4.69) is 37.2 Å². The predicted molar refractivity (Wildman–Crippen MR) is 63.7 cm³/mol. The highest BCUT2D eigenvalue weighted by molar-refractivity contribution is 15.0. The lowest BCUT2D eigenvalue weighted by molar-refractivity contribution is 0.205. The number of hydrogen-bond acceptors (Lipinski definition) is 2. The molecule has 0 atom stereocenters. The number of hydrogen-bond donors (Lipinski definition) is 1. The SMILES string of the molecule is CN1CCN(C)C1=O.II.N. The molecule has 6 heteroatoms. The van der Waals surface area contributed by atoms with Crippen molar-refractivity contribution in [1.29, 1.82) is 0 Å². The normalized spacial score (nSPS) is 15.5. The molecule has 1 heterocycles. The minimum absolute atomic E-state index is 0. The summed E-state index contributed by atoms with van der Waals surface area (Å²) in [5, 5.41) is 0. The summed E-state index contributed by atoms with van der Waals surface area (Å²) in [5.41, 5.74) is 0. The zero-order valence-corrected chi connectivity index (χ0v) is 11.0. The molecule has 68 valence electrons. The van der Waals surface area contributed by atoms with E-state index in [0.717, 1.165) is 13.1 Å². The first-order valence-electron chi connectivity index (χ1n) is 2.82. The fourth-order valence-corrected chi connectivity index (χ4v) is 0.783. The molecule has 0 bridgehead atoms. The van der Waals surface area contributed by atoms with Gasteiger partial charge in [-0.15, -0.1) is 0 Å². The first-order chi connectivity index (χ1) is 4.72. The van der Waals surface area contributed by atoms with Crippen LogP contribution in [0.1, 0.15) is 0 Å². The summed E-state index contributed by atoms with van der Waals surface area (Å²) >= 11 is 4.24. The second-order valence-corrected chi connectivity index (χ2v) is 2.13. The average molecular weight is 385 g/mol. The van der Waals surface area contributed by atoms with E-state index in [-0.39, 0.29) is 12.2 Å². The lowest BCUT2D eigenvalue weighted by atomic mass is 10.6. The number of rotatable bonds is 0. The van der Waals surface area contributed by atoms with Crippen molar-refractivity contribution in [2.45, 2.75) is 0 Å². The van der Waals surface area contributed by atoms with Crippen molar-refractivity contribution in [3.8, 4) is 0 Å². The summed E-state index contributed by atoms with van der Waals surface area (Å²) in [5.74, 6) is 0. The molecule has 0 aromatic rings. The summed E-state index contributed by atoms with van der Waals surface area (Å²) in [6, 6.07) is 0.130. The van der Waals surface area contributed by atoms with Gasteiger partial charge in [-0.1, -0.05) is 0 Å². The van der Waals surface area contributed by atoms with E-state index in [0.29, 0.717) is 0 Å². The summed E-state index contributed by atoms with van der Waals surface area (Å²) in [7, 11) is 3.62. The Morgan fingerprint density at radius 2 is 1.45 bits per heavy atom. The summed E-state index contributed by atoms with van der Waals surface area (Å²) in [4.78, 5) is 14.2. The van der Waals surface area contributed by atoms with Crippen molar-refractivity contribution in [2.75, 3.05) is 27.2 Å². The lowest BCUT2D eigenvalue weighted by Crippen LogP contribution is -2.25. The van der Waals surface area contributed by atoms with Gasteiger partial charge in [0.15, 0.2) is 0 Å². The third-order valence-electron chi connectivity index (χ3n) is 1.42. The molecule has 0 aromatic heterocycles. The highest BCUT2D eigenvalue weighted by atomic mass is 128. The van der Waals surface area contributed by atoms with E-state index in [1.54, 1.807) is 9.80 Å². The molecular formula is C5H13I2N3O. The number of nitrogens with zero attached hydrogens (tertiary/aromatic N) is 2. The van der Waals surface area contributed by atoms with Gasteiger partial charge in [0.1, 0.15) is 0 Å². The number of carbonyl (C=O) groups excluding carboxylic acids is 1. The Kier molecular flexibility index (Phi) is 9.50. The molecule has 1 saturated heterocycles. The van der Waals surface area contributed by atoms with E-state index in [4.69, 9.17) is 0 Å². The van der Waals surface area contributed by atoms with Crippen molar-refractivity contribution in [3.05, 3.63) is 0 Å². The summed E-state index contributed by atoms with van der Waals surface area (Å²) in [6.45, 7) is 1.74. The minimum Gasteiger partial charge on any atom is -0.344 e. The molecule has 3 N–H and O–H groups in total.